The molecule has 4 atom stereocenters. The van der Waals surface area contributed by atoms with Gasteiger partial charge in [-0.15, -0.1) is 0 Å². The first-order valence-electron chi connectivity index (χ1n) is 9.88. The van der Waals surface area contributed by atoms with E-state index in [1.165, 1.54) is 0 Å². The molecule has 3 nitrogen and oxygen atoms in total. The molecule has 0 aromatic rings. The molecule has 1 N–H and O–H groups in total. The fourth-order valence-corrected chi connectivity index (χ4v) is 5.07. The van der Waals surface area contributed by atoms with Crippen LogP contribution < -0.4 is 0 Å². The summed E-state index contributed by atoms with van der Waals surface area (Å²) in [5.41, 5.74) is -0.00675. The smallest absolute Gasteiger partial charge is 0.250 e. The van der Waals surface area contributed by atoms with E-state index in [2.05, 4.69) is 60.7 Å². The zero-order chi connectivity index (χ0) is 19.2. The highest BCUT2D eigenvalue weighted by Crippen LogP contribution is 2.47. The van der Waals surface area contributed by atoms with Gasteiger partial charge in [-0.05, 0) is 54.3 Å². The highest BCUT2D eigenvalue weighted by molar-refractivity contribution is 6.74. The second kappa shape index (κ2) is 6.84. The van der Waals surface area contributed by atoms with Crippen LogP contribution in [0.4, 0.5) is 0 Å². The molecule has 0 saturated heterocycles. The van der Waals surface area contributed by atoms with Crippen molar-refractivity contribution in [2.45, 2.75) is 91.5 Å². The van der Waals surface area contributed by atoms with Crippen molar-refractivity contribution >= 4 is 14.1 Å². The van der Waals surface area contributed by atoms with E-state index in [1.54, 1.807) is 0 Å². The molecule has 0 radical (unpaired) electrons. The molecule has 0 amide bonds. The average Bonchev–Trinajstić information content (AvgIpc) is 2.50. The van der Waals surface area contributed by atoms with Crippen molar-refractivity contribution in [1.29, 1.82) is 0 Å². The standard InChI is InChI=1S/C21H38O3Si/c1-20(2,3)16-13-17(24-25(7,8)21(4,5)6)15-12-10-9-11-14(16)18(22)19(15)23/h13-16,18,22H,9-12H2,1-8H3/t14-,15+,16+,18?/m1/s1. The first-order chi connectivity index (χ1) is 11.3. The zero-order valence-electron chi connectivity index (χ0n) is 17.5. The van der Waals surface area contributed by atoms with E-state index in [9.17, 15) is 9.90 Å². The minimum Gasteiger partial charge on any atom is -0.546 e. The Balaban J connectivity index is 2.52. The largest absolute Gasteiger partial charge is 0.546 e. The maximum atomic E-state index is 13.0. The molecule has 0 heterocycles. The van der Waals surface area contributed by atoms with Gasteiger partial charge in [0.05, 0.1) is 11.7 Å². The number of Topliss-reactive ketones (excluding diaryl/α,β-unsaturated/α-hetero) is 1. The first kappa shape index (κ1) is 20.7. The van der Waals surface area contributed by atoms with Crippen molar-refractivity contribution in [3.63, 3.8) is 0 Å². The lowest BCUT2D eigenvalue weighted by atomic mass is 9.69. The van der Waals surface area contributed by atoms with Crippen LogP contribution in [0.2, 0.25) is 18.1 Å². The molecule has 2 aliphatic carbocycles. The summed E-state index contributed by atoms with van der Waals surface area (Å²) in [4.78, 5) is 13.0. The Morgan fingerprint density at radius 2 is 1.64 bits per heavy atom. The SMILES string of the molecule is CC(C)(C)[C@H]1C=C(O[Si](C)(C)C(C)(C)C)[C@@H]2CCCC[C@H]1C(O)C2=O. The number of aliphatic hydroxyl groups is 1. The molecule has 1 saturated carbocycles. The van der Waals surface area contributed by atoms with Crippen molar-refractivity contribution in [2.24, 2.45) is 23.2 Å². The van der Waals surface area contributed by atoms with Gasteiger partial charge in [0.15, 0.2) is 5.78 Å². The number of carbonyl (C=O) groups is 1. The predicted octanol–water partition coefficient (Wildman–Crippen LogP) is 5.30. The van der Waals surface area contributed by atoms with Crippen LogP contribution in [0.3, 0.4) is 0 Å². The predicted molar refractivity (Wildman–Crippen MR) is 106 cm³/mol. The highest BCUT2D eigenvalue weighted by Gasteiger charge is 2.47. The molecule has 2 bridgehead atoms. The van der Waals surface area contributed by atoms with Gasteiger partial charge in [0.2, 0.25) is 8.32 Å². The molecule has 0 aromatic heterocycles. The van der Waals surface area contributed by atoms with Crippen molar-refractivity contribution in [3.05, 3.63) is 11.8 Å². The molecule has 2 aliphatic rings. The van der Waals surface area contributed by atoms with Crippen LogP contribution >= 0.6 is 0 Å². The van der Waals surface area contributed by atoms with Gasteiger partial charge in [0, 0.05) is 0 Å². The lowest BCUT2D eigenvalue weighted by Crippen LogP contribution is -2.43. The molecule has 0 aliphatic heterocycles. The maximum Gasteiger partial charge on any atom is 0.250 e. The van der Waals surface area contributed by atoms with E-state index < -0.39 is 14.4 Å². The molecule has 144 valence electrons. The Kier molecular flexibility index (Phi) is 5.66. The van der Waals surface area contributed by atoms with E-state index in [0.717, 1.165) is 31.4 Å². The maximum absolute atomic E-state index is 13.0. The van der Waals surface area contributed by atoms with E-state index in [4.69, 9.17) is 4.43 Å². The van der Waals surface area contributed by atoms with E-state index in [1.807, 2.05) is 0 Å². The van der Waals surface area contributed by atoms with Gasteiger partial charge in [-0.2, -0.15) is 0 Å². The normalized spacial score (nSPS) is 31.9. The topological polar surface area (TPSA) is 46.5 Å². The number of fused-ring (bicyclic) bond motifs is 3. The fraction of sp³-hybridized carbons (Fsp3) is 0.857. The zero-order valence-corrected chi connectivity index (χ0v) is 18.5. The van der Waals surface area contributed by atoms with Crippen molar-refractivity contribution < 1.29 is 14.3 Å². The van der Waals surface area contributed by atoms with Crippen LogP contribution in [0.5, 0.6) is 0 Å². The highest BCUT2D eigenvalue weighted by atomic mass is 28.4. The quantitative estimate of drug-likeness (QED) is 0.674. The molecule has 0 spiro atoms. The summed E-state index contributed by atoms with van der Waals surface area (Å²) >= 11 is 0. The van der Waals surface area contributed by atoms with E-state index in [-0.39, 0.29) is 34.0 Å². The fourth-order valence-electron chi connectivity index (χ4n) is 3.97. The Hall–Kier alpha value is -0.613. The van der Waals surface area contributed by atoms with Crippen LogP contribution in [-0.4, -0.2) is 25.3 Å². The summed E-state index contributed by atoms with van der Waals surface area (Å²) in [7, 11) is -2.03. The van der Waals surface area contributed by atoms with Gasteiger partial charge in [-0.1, -0.05) is 54.4 Å². The Bertz CT molecular complexity index is 536. The van der Waals surface area contributed by atoms with Gasteiger partial charge < -0.3 is 9.53 Å². The monoisotopic (exact) mass is 366 g/mol. The van der Waals surface area contributed by atoms with Gasteiger partial charge >= 0.3 is 0 Å². The minimum atomic E-state index is -2.03. The second-order valence-corrected chi connectivity index (χ2v) is 15.4. The van der Waals surface area contributed by atoms with Crippen molar-refractivity contribution in [3.8, 4) is 0 Å². The minimum absolute atomic E-state index is 0.00675. The Morgan fingerprint density at radius 1 is 1.08 bits per heavy atom. The molecular weight excluding hydrogens is 328 g/mol. The third-order valence-electron chi connectivity index (χ3n) is 6.65. The summed E-state index contributed by atoms with van der Waals surface area (Å²) < 4.78 is 6.68. The number of aliphatic hydroxyl groups excluding tert-OH is 1. The molecule has 1 fully saturated rings. The summed E-state index contributed by atoms with van der Waals surface area (Å²) in [6.07, 6.45) is 5.22. The molecule has 1 unspecified atom stereocenters. The van der Waals surface area contributed by atoms with Crippen LogP contribution in [0.1, 0.15) is 67.2 Å². The summed E-state index contributed by atoms with van der Waals surface area (Å²) in [5.74, 6) is 0.755. The lowest BCUT2D eigenvalue weighted by molar-refractivity contribution is -0.135. The number of hydrogen-bond acceptors (Lipinski definition) is 3. The van der Waals surface area contributed by atoms with Crippen LogP contribution in [0, 0.1) is 23.2 Å². The Morgan fingerprint density at radius 3 is 2.16 bits per heavy atom. The summed E-state index contributed by atoms with van der Waals surface area (Å²) in [5, 5.41) is 10.9. The average molecular weight is 367 g/mol. The van der Waals surface area contributed by atoms with Crippen molar-refractivity contribution in [2.75, 3.05) is 0 Å². The lowest BCUT2D eigenvalue weighted by Gasteiger charge is -2.39. The molecule has 0 aromatic carbocycles. The van der Waals surface area contributed by atoms with E-state index in [0.29, 0.717) is 0 Å². The third kappa shape index (κ3) is 4.21. The molecular formula is C21H38O3Si. The number of ketones is 1. The summed E-state index contributed by atoms with van der Waals surface area (Å²) in [6.45, 7) is 17.8. The third-order valence-corrected chi connectivity index (χ3v) is 11.0. The van der Waals surface area contributed by atoms with Crippen LogP contribution in [-0.2, 0) is 9.22 Å². The van der Waals surface area contributed by atoms with Crippen molar-refractivity contribution in [1.82, 2.24) is 0 Å². The van der Waals surface area contributed by atoms with E-state index >= 15 is 0 Å². The Labute approximate surface area is 155 Å². The first-order valence-corrected chi connectivity index (χ1v) is 12.8. The van der Waals surface area contributed by atoms with Gasteiger partial charge in [-0.3, -0.25) is 4.79 Å². The van der Waals surface area contributed by atoms with Gasteiger partial charge in [0.25, 0.3) is 0 Å². The second-order valence-electron chi connectivity index (χ2n) is 10.7. The molecule has 25 heavy (non-hydrogen) atoms. The van der Waals surface area contributed by atoms with Gasteiger partial charge in [-0.25, -0.2) is 0 Å². The molecule has 2 rings (SSSR count). The van der Waals surface area contributed by atoms with Crippen LogP contribution in [0.15, 0.2) is 11.8 Å². The number of rotatable bonds is 2. The number of hydrogen-bond donors (Lipinski definition) is 1. The van der Waals surface area contributed by atoms with Crippen LogP contribution in [0.25, 0.3) is 0 Å². The van der Waals surface area contributed by atoms with Gasteiger partial charge in [0.1, 0.15) is 6.10 Å². The number of allylic oxidation sites excluding steroid dienone is 2. The molecule has 4 heteroatoms. The number of carbonyl (C=O) groups excluding carboxylic acids is 1. The summed E-state index contributed by atoms with van der Waals surface area (Å²) in [6, 6.07) is 0.